The van der Waals surface area contributed by atoms with Gasteiger partial charge in [0.2, 0.25) is 0 Å². The average Bonchev–Trinajstić information content (AvgIpc) is 2.53. The van der Waals surface area contributed by atoms with Gasteiger partial charge in [-0.1, -0.05) is 42.5 Å². The standard InChI is InChI=1S/C17H14O4/c1-21-17(20)14-11-12(8-10-16(14)19)7-9-15(18)13-5-3-2-4-6-13/h2-11,19H,1H3/b9-7+. The second-order valence-electron chi connectivity index (χ2n) is 4.33. The summed E-state index contributed by atoms with van der Waals surface area (Å²) in [6.07, 6.45) is 3.00. The van der Waals surface area contributed by atoms with E-state index in [0.29, 0.717) is 11.1 Å². The summed E-state index contributed by atoms with van der Waals surface area (Å²) in [7, 11) is 1.24. The zero-order valence-corrected chi connectivity index (χ0v) is 11.4. The molecule has 0 aliphatic carbocycles. The van der Waals surface area contributed by atoms with Crippen LogP contribution in [0.2, 0.25) is 0 Å². The molecule has 0 aliphatic rings. The van der Waals surface area contributed by atoms with Gasteiger partial charge in [0.15, 0.2) is 5.78 Å². The summed E-state index contributed by atoms with van der Waals surface area (Å²) in [5.41, 5.74) is 1.27. The Morgan fingerprint density at radius 3 is 2.48 bits per heavy atom. The Kier molecular flexibility index (Phi) is 4.51. The first kappa shape index (κ1) is 14.5. The third-order valence-corrected chi connectivity index (χ3v) is 2.91. The van der Waals surface area contributed by atoms with E-state index in [1.807, 2.05) is 6.07 Å². The lowest BCUT2D eigenvalue weighted by Crippen LogP contribution is -2.01. The molecule has 0 radical (unpaired) electrons. The fraction of sp³-hybridized carbons (Fsp3) is 0.0588. The topological polar surface area (TPSA) is 63.6 Å². The molecule has 4 nitrogen and oxygen atoms in total. The highest BCUT2D eigenvalue weighted by molar-refractivity contribution is 6.06. The Bertz CT molecular complexity index is 687. The summed E-state index contributed by atoms with van der Waals surface area (Å²) in [5, 5.41) is 9.60. The number of carbonyl (C=O) groups excluding carboxylic acids is 2. The molecule has 0 amide bonds. The van der Waals surface area contributed by atoms with Crippen molar-refractivity contribution in [1.29, 1.82) is 0 Å². The van der Waals surface area contributed by atoms with E-state index in [1.165, 1.54) is 25.3 Å². The van der Waals surface area contributed by atoms with Crippen molar-refractivity contribution in [3.63, 3.8) is 0 Å². The summed E-state index contributed by atoms with van der Waals surface area (Å²) < 4.78 is 4.58. The minimum absolute atomic E-state index is 0.0619. The first-order valence-electron chi connectivity index (χ1n) is 6.30. The van der Waals surface area contributed by atoms with Crippen LogP contribution < -0.4 is 0 Å². The third-order valence-electron chi connectivity index (χ3n) is 2.91. The number of carbonyl (C=O) groups is 2. The van der Waals surface area contributed by atoms with Gasteiger partial charge in [-0.15, -0.1) is 0 Å². The lowest BCUT2D eigenvalue weighted by molar-refractivity contribution is 0.0597. The molecule has 0 bridgehead atoms. The van der Waals surface area contributed by atoms with E-state index in [9.17, 15) is 14.7 Å². The second-order valence-corrected chi connectivity index (χ2v) is 4.33. The maximum absolute atomic E-state index is 11.9. The summed E-state index contributed by atoms with van der Waals surface area (Å²) in [4.78, 5) is 23.4. The van der Waals surface area contributed by atoms with Crippen LogP contribution in [0.25, 0.3) is 6.08 Å². The molecule has 106 valence electrons. The fourth-order valence-electron chi connectivity index (χ4n) is 1.80. The number of ketones is 1. The van der Waals surface area contributed by atoms with E-state index in [1.54, 1.807) is 36.4 Å². The molecule has 0 atom stereocenters. The van der Waals surface area contributed by atoms with Crippen molar-refractivity contribution < 1.29 is 19.4 Å². The largest absolute Gasteiger partial charge is 0.507 e. The van der Waals surface area contributed by atoms with Gasteiger partial charge in [0.1, 0.15) is 11.3 Å². The quantitative estimate of drug-likeness (QED) is 0.532. The van der Waals surface area contributed by atoms with Gasteiger partial charge < -0.3 is 9.84 Å². The highest BCUT2D eigenvalue weighted by Gasteiger charge is 2.11. The molecule has 0 saturated heterocycles. The van der Waals surface area contributed by atoms with Crippen molar-refractivity contribution in [1.82, 2.24) is 0 Å². The Morgan fingerprint density at radius 2 is 1.81 bits per heavy atom. The number of methoxy groups -OCH3 is 1. The predicted molar refractivity (Wildman–Crippen MR) is 79.3 cm³/mol. The molecule has 0 saturated carbocycles. The highest BCUT2D eigenvalue weighted by atomic mass is 16.5. The Hall–Kier alpha value is -2.88. The number of hydrogen-bond acceptors (Lipinski definition) is 4. The zero-order chi connectivity index (χ0) is 15.2. The SMILES string of the molecule is COC(=O)c1cc(/C=C/C(=O)c2ccccc2)ccc1O. The maximum atomic E-state index is 11.9. The van der Waals surface area contributed by atoms with Gasteiger partial charge in [-0.05, 0) is 23.8 Å². The monoisotopic (exact) mass is 282 g/mol. The van der Waals surface area contributed by atoms with Gasteiger partial charge in [-0.2, -0.15) is 0 Å². The van der Waals surface area contributed by atoms with Crippen molar-refractivity contribution in [2.75, 3.05) is 7.11 Å². The van der Waals surface area contributed by atoms with E-state index in [4.69, 9.17) is 0 Å². The lowest BCUT2D eigenvalue weighted by Gasteiger charge is -2.03. The van der Waals surface area contributed by atoms with Gasteiger partial charge >= 0.3 is 5.97 Å². The number of esters is 1. The Morgan fingerprint density at radius 1 is 1.10 bits per heavy atom. The first-order chi connectivity index (χ1) is 10.1. The van der Waals surface area contributed by atoms with Crippen LogP contribution in [0.4, 0.5) is 0 Å². The number of benzene rings is 2. The van der Waals surface area contributed by atoms with E-state index in [2.05, 4.69) is 4.74 Å². The molecular weight excluding hydrogens is 268 g/mol. The van der Waals surface area contributed by atoms with Crippen LogP contribution in [0.3, 0.4) is 0 Å². The van der Waals surface area contributed by atoms with Gasteiger partial charge in [0.25, 0.3) is 0 Å². The average molecular weight is 282 g/mol. The van der Waals surface area contributed by atoms with Gasteiger partial charge in [-0.25, -0.2) is 4.79 Å². The molecule has 2 aromatic carbocycles. The molecule has 21 heavy (non-hydrogen) atoms. The minimum atomic E-state index is -0.628. The normalized spacial score (nSPS) is 10.5. The van der Waals surface area contributed by atoms with Gasteiger partial charge in [0, 0.05) is 5.56 Å². The van der Waals surface area contributed by atoms with Crippen molar-refractivity contribution >= 4 is 17.8 Å². The second kappa shape index (κ2) is 6.52. The van der Waals surface area contributed by atoms with Crippen molar-refractivity contribution in [3.8, 4) is 5.75 Å². The van der Waals surface area contributed by atoms with Crippen LogP contribution in [-0.2, 0) is 4.74 Å². The molecule has 0 aromatic heterocycles. The van der Waals surface area contributed by atoms with E-state index in [0.717, 1.165) is 0 Å². The van der Waals surface area contributed by atoms with Gasteiger partial charge in [-0.3, -0.25) is 4.79 Å². The number of phenolic OH excluding ortho intramolecular Hbond substituents is 1. The number of allylic oxidation sites excluding steroid dienone is 1. The maximum Gasteiger partial charge on any atom is 0.341 e. The lowest BCUT2D eigenvalue weighted by atomic mass is 10.1. The molecule has 2 rings (SSSR count). The fourth-order valence-corrected chi connectivity index (χ4v) is 1.80. The first-order valence-corrected chi connectivity index (χ1v) is 6.30. The molecule has 0 spiro atoms. The molecule has 4 heteroatoms. The van der Waals surface area contributed by atoms with E-state index < -0.39 is 5.97 Å². The molecule has 0 fully saturated rings. The number of phenols is 1. The zero-order valence-electron chi connectivity index (χ0n) is 11.4. The van der Waals surface area contributed by atoms with Gasteiger partial charge in [0.05, 0.1) is 7.11 Å². The number of hydrogen-bond donors (Lipinski definition) is 1. The predicted octanol–water partition coefficient (Wildman–Crippen LogP) is 3.07. The molecule has 2 aromatic rings. The number of rotatable bonds is 4. The molecule has 0 heterocycles. The van der Waals surface area contributed by atoms with Crippen LogP contribution >= 0.6 is 0 Å². The summed E-state index contributed by atoms with van der Waals surface area (Å²) in [6, 6.07) is 13.3. The molecule has 0 aliphatic heterocycles. The smallest absolute Gasteiger partial charge is 0.341 e. The number of aromatic hydroxyl groups is 1. The van der Waals surface area contributed by atoms with Crippen LogP contribution in [0.1, 0.15) is 26.3 Å². The summed E-state index contributed by atoms with van der Waals surface area (Å²) >= 11 is 0. The van der Waals surface area contributed by atoms with Crippen molar-refractivity contribution in [2.24, 2.45) is 0 Å². The van der Waals surface area contributed by atoms with Crippen LogP contribution in [-0.4, -0.2) is 24.0 Å². The highest BCUT2D eigenvalue weighted by Crippen LogP contribution is 2.20. The minimum Gasteiger partial charge on any atom is -0.507 e. The van der Waals surface area contributed by atoms with Crippen LogP contribution in [0.5, 0.6) is 5.75 Å². The van der Waals surface area contributed by atoms with Crippen molar-refractivity contribution in [3.05, 3.63) is 71.3 Å². The molecule has 1 N–H and O–H groups in total. The number of ether oxygens (including phenoxy) is 1. The van der Waals surface area contributed by atoms with E-state index >= 15 is 0 Å². The summed E-state index contributed by atoms with van der Waals surface area (Å²) in [5.74, 6) is -0.922. The van der Waals surface area contributed by atoms with E-state index in [-0.39, 0.29) is 17.1 Å². The van der Waals surface area contributed by atoms with Crippen LogP contribution in [0, 0.1) is 0 Å². The van der Waals surface area contributed by atoms with Crippen molar-refractivity contribution in [2.45, 2.75) is 0 Å². The summed E-state index contributed by atoms with van der Waals surface area (Å²) in [6.45, 7) is 0. The Labute approximate surface area is 122 Å². The molecular formula is C17H14O4. The molecule has 0 unspecified atom stereocenters. The third kappa shape index (κ3) is 3.57. The Balaban J connectivity index is 2.22. The van der Waals surface area contributed by atoms with Crippen LogP contribution in [0.15, 0.2) is 54.6 Å².